The molecule has 0 saturated carbocycles. The molecule has 0 bridgehead atoms. The molecule has 0 spiro atoms. The van der Waals surface area contributed by atoms with Crippen LogP contribution in [0.3, 0.4) is 0 Å². The summed E-state index contributed by atoms with van der Waals surface area (Å²) < 4.78 is 0. The third-order valence-corrected chi connectivity index (χ3v) is 7.21. The van der Waals surface area contributed by atoms with Crippen LogP contribution in [0.5, 0.6) is 0 Å². The molecule has 146 valence electrons. The van der Waals surface area contributed by atoms with Crippen molar-refractivity contribution in [3.8, 4) is 22.3 Å². The number of rotatable bonds is 2. The Kier molecular flexibility index (Phi) is 4.44. The number of halogens is 1. The molecule has 0 saturated heterocycles. The van der Waals surface area contributed by atoms with Gasteiger partial charge >= 0.3 is 0 Å². The van der Waals surface area contributed by atoms with E-state index in [2.05, 4.69) is 81.4 Å². The number of allylic oxidation sites excluding steroid dienone is 2. The zero-order chi connectivity index (χ0) is 20.2. The Balaban J connectivity index is 1.72. The average Bonchev–Trinajstić information content (AvgIpc) is 2.98. The molecule has 0 fully saturated rings. The molecule has 0 nitrogen and oxygen atoms in total. The number of benzene rings is 3. The fourth-order valence-electron chi connectivity index (χ4n) is 5.60. The minimum absolute atomic E-state index is 0.0582. The van der Waals surface area contributed by atoms with Crippen LogP contribution in [-0.4, -0.2) is 0 Å². The van der Waals surface area contributed by atoms with Gasteiger partial charge in [0.05, 0.1) is 0 Å². The van der Waals surface area contributed by atoms with Crippen molar-refractivity contribution in [3.05, 3.63) is 94.5 Å². The maximum absolute atomic E-state index is 6.12. The van der Waals surface area contributed by atoms with Gasteiger partial charge in [-0.3, -0.25) is 0 Å². The van der Waals surface area contributed by atoms with Crippen molar-refractivity contribution in [2.75, 3.05) is 0 Å². The Morgan fingerprint density at radius 2 is 1.52 bits per heavy atom. The SMILES string of the molecule is CC1C=C(C2(C)c3ccccc3-c3ccc(-c4ccc(Cl)cc4)cc32)CC(C)C1. The molecule has 5 rings (SSSR count). The number of hydrogen-bond acceptors (Lipinski definition) is 0. The molecule has 1 heteroatoms. The summed E-state index contributed by atoms with van der Waals surface area (Å²) in [6.07, 6.45) is 5.03. The molecule has 0 heterocycles. The lowest BCUT2D eigenvalue weighted by Gasteiger charge is -2.36. The van der Waals surface area contributed by atoms with E-state index in [1.807, 2.05) is 12.1 Å². The highest BCUT2D eigenvalue weighted by molar-refractivity contribution is 6.30. The van der Waals surface area contributed by atoms with Gasteiger partial charge in [0.2, 0.25) is 0 Å². The first kappa shape index (κ1) is 18.7. The van der Waals surface area contributed by atoms with Crippen LogP contribution in [0, 0.1) is 11.8 Å². The summed E-state index contributed by atoms with van der Waals surface area (Å²) in [5.74, 6) is 1.37. The van der Waals surface area contributed by atoms with E-state index < -0.39 is 0 Å². The maximum Gasteiger partial charge on any atom is 0.0406 e. The number of fused-ring (bicyclic) bond motifs is 3. The van der Waals surface area contributed by atoms with Gasteiger partial charge in [-0.2, -0.15) is 0 Å². The van der Waals surface area contributed by atoms with Gasteiger partial charge < -0.3 is 0 Å². The molecule has 29 heavy (non-hydrogen) atoms. The molecular weight excluding hydrogens is 372 g/mol. The van der Waals surface area contributed by atoms with Gasteiger partial charge in [-0.05, 0) is 83.2 Å². The second-order valence-electron chi connectivity index (χ2n) is 9.15. The quantitative estimate of drug-likeness (QED) is 0.381. The Morgan fingerprint density at radius 1 is 0.828 bits per heavy atom. The first-order chi connectivity index (χ1) is 14.0. The van der Waals surface area contributed by atoms with Gasteiger partial charge in [-0.25, -0.2) is 0 Å². The lowest BCUT2D eigenvalue weighted by Crippen LogP contribution is -2.28. The third kappa shape index (κ3) is 2.97. The van der Waals surface area contributed by atoms with E-state index in [1.165, 1.54) is 46.2 Å². The summed E-state index contributed by atoms with van der Waals surface area (Å²) in [4.78, 5) is 0. The molecule has 2 aliphatic carbocycles. The highest BCUT2D eigenvalue weighted by atomic mass is 35.5. The molecule has 3 aromatic rings. The fraction of sp³-hybridized carbons (Fsp3) is 0.286. The van der Waals surface area contributed by atoms with Crippen LogP contribution < -0.4 is 0 Å². The molecule has 0 amide bonds. The van der Waals surface area contributed by atoms with Crippen LogP contribution in [0.15, 0.2) is 78.4 Å². The zero-order valence-corrected chi connectivity index (χ0v) is 18.1. The van der Waals surface area contributed by atoms with Gasteiger partial charge in [-0.1, -0.05) is 85.6 Å². The first-order valence-electron chi connectivity index (χ1n) is 10.7. The van der Waals surface area contributed by atoms with Crippen molar-refractivity contribution in [1.29, 1.82) is 0 Å². The van der Waals surface area contributed by atoms with E-state index in [1.54, 1.807) is 5.57 Å². The predicted molar refractivity (Wildman–Crippen MR) is 124 cm³/mol. The zero-order valence-electron chi connectivity index (χ0n) is 17.4. The van der Waals surface area contributed by atoms with Crippen LogP contribution in [0.4, 0.5) is 0 Å². The summed E-state index contributed by atoms with van der Waals surface area (Å²) in [6, 6.07) is 24.2. The Hall–Kier alpha value is -2.31. The Bertz CT molecular complexity index is 1110. The third-order valence-electron chi connectivity index (χ3n) is 6.96. The summed E-state index contributed by atoms with van der Waals surface area (Å²) in [6.45, 7) is 7.21. The smallest absolute Gasteiger partial charge is 0.0406 e. The van der Waals surface area contributed by atoms with E-state index in [4.69, 9.17) is 11.6 Å². The van der Waals surface area contributed by atoms with E-state index >= 15 is 0 Å². The van der Waals surface area contributed by atoms with E-state index in [0.29, 0.717) is 5.92 Å². The van der Waals surface area contributed by atoms with Crippen molar-refractivity contribution in [2.24, 2.45) is 11.8 Å². The average molecular weight is 399 g/mol. The van der Waals surface area contributed by atoms with Crippen molar-refractivity contribution in [1.82, 2.24) is 0 Å². The molecule has 3 atom stereocenters. The van der Waals surface area contributed by atoms with Crippen LogP contribution >= 0.6 is 11.6 Å². The summed E-state index contributed by atoms with van der Waals surface area (Å²) in [5.41, 5.74) is 9.67. The van der Waals surface area contributed by atoms with E-state index in [9.17, 15) is 0 Å². The normalized spacial score (nSPS) is 25.3. The van der Waals surface area contributed by atoms with Crippen LogP contribution in [0.2, 0.25) is 5.02 Å². The van der Waals surface area contributed by atoms with E-state index in [-0.39, 0.29) is 5.41 Å². The Morgan fingerprint density at radius 3 is 2.28 bits per heavy atom. The van der Waals surface area contributed by atoms with Gasteiger partial charge in [0.25, 0.3) is 0 Å². The second kappa shape index (κ2) is 6.89. The largest absolute Gasteiger partial charge is 0.0843 e. The summed E-state index contributed by atoms with van der Waals surface area (Å²) in [5, 5.41) is 0.780. The van der Waals surface area contributed by atoms with Gasteiger partial charge in [-0.15, -0.1) is 0 Å². The van der Waals surface area contributed by atoms with Crippen LogP contribution in [-0.2, 0) is 5.41 Å². The monoisotopic (exact) mass is 398 g/mol. The molecule has 3 unspecified atom stereocenters. The van der Waals surface area contributed by atoms with Crippen LogP contribution in [0.1, 0.15) is 44.7 Å². The maximum atomic E-state index is 6.12. The van der Waals surface area contributed by atoms with Gasteiger partial charge in [0.1, 0.15) is 0 Å². The summed E-state index contributed by atoms with van der Waals surface area (Å²) in [7, 11) is 0. The highest BCUT2D eigenvalue weighted by Gasteiger charge is 2.43. The van der Waals surface area contributed by atoms with Crippen molar-refractivity contribution in [2.45, 2.75) is 39.0 Å². The molecule has 0 aliphatic heterocycles. The van der Waals surface area contributed by atoms with Crippen LogP contribution in [0.25, 0.3) is 22.3 Å². The lowest BCUT2D eigenvalue weighted by molar-refractivity contribution is 0.409. The minimum atomic E-state index is -0.0582. The summed E-state index contributed by atoms with van der Waals surface area (Å²) >= 11 is 6.12. The molecule has 0 radical (unpaired) electrons. The molecule has 0 N–H and O–H groups in total. The topological polar surface area (TPSA) is 0 Å². The van der Waals surface area contributed by atoms with Crippen molar-refractivity contribution in [3.63, 3.8) is 0 Å². The van der Waals surface area contributed by atoms with Crippen molar-refractivity contribution >= 4 is 11.6 Å². The highest BCUT2D eigenvalue weighted by Crippen LogP contribution is 2.55. The molecule has 2 aliphatic rings. The standard InChI is InChI=1S/C28H27Cl/c1-18-14-19(2)16-22(15-18)28(3)26-7-5-4-6-24(26)25-13-10-21(17-27(25)28)20-8-11-23(29)12-9-20/h4-13,15,17-19H,14,16H2,1-3H3. The predicted octanol–water partition coefficient (Wildman–Crippen LogP) is 8.29. The van der Waals surface area contributed by atoms with Crippen molar-refractivity contribution < 1.29 is 0 Å². The number of hydrogen-bond donors (Lipinski definition) is 0. The first-order valence-corrected chi connectivity index (χ1v) is 11.1. The second-order valence-corrected chi connectivity index (χ2v) is 9.59. The molecular formula is C28H27Cl. The lowest BCUT2D eigenvalue weighted by atomic mass is 9.67. The molecule has 0 aromatic heterocycles. The van der Waals surface area contributed by atoms with Gasteiger partial charge in [0.15, 0.2) is 0 Å². The minimum Gasteiger partial charge on any atom is -0.0843 e. The van der Waals surface area contributed by atoms with Gasteiger partial charge in [0, 0.05) is 10.4 Å². The molecule has 3 aromatic carbocycles. The Labute approximate surface area is 179 Å². The fourth-order valence-corrected chi connectivity index (χ4v) is 5.73. The van der Waals surface area contributed by atoms with E-state index in [0.717, 1.165) is 10.9 Å².